The number of guanidine groups is 1. The molecule has 2 unspecified atom stereocenters. The van der Waals surface area contributed by atoms with Gasteiger partial charge in [0.05, 0.1) is 6.26 Å². The molecule has 0 bridgehead atoms. The predicted molar refractivity (Wildman–Crippen MR) is 107 cm³/mol. The summed E-state index contributed by atoms with van der Waals surface area (Å²) in [5.74, 6) is 3.54. The standard InChI is InChI=1S/C18H29N3O2.HI/c1-14(2)20-18(19-8-5-17-4-3-10-23-17)21-9-6-15(12-21)16-7-11-22-13-16;/h3-4,10,14-16H,5-9,11-13H2,1-2H3,(H,19,20);1H. The number of ether oxygens (including phenoxy) is 1. The van der Waals surface area contributed by atoms with Gasteiger partial charge in [-0.25, -0.2) is 0 Å². The van der Waals surface area contributed by atoms with Crippen molar-refractivity contribution in [2.75, 3.05) is 32.8 Å². The molecular weight excluding hydrogens is 417 g/mol. The minimum atomic E-state index is 0. The summed E-state index contributed by atoms with van der Waals surface area (Å²) < 4.78 is 11.0. The fraction of sp³-hybridized carbons (Fsp3) is 0.722. The fourth-order valence-electron chi connectivity index (χ4n) is 3.51. The SMILES string of the molecule is CC(C)NC(=NCCc1ccco1)N1CCC(C2CCOC2)C1.I. The highest BCUT2D eigenvalue weighted by Crippen LogP contribution is 2.29. The quantitative estimate of drug-likeness (QED) is 0.428. The fourth-order valence-corrected chi connectivity index (χ4v) is 3.51. The summed E-state index contributed by atoms with van der Waals surface area (Å²) in [4.78, 5) is 7.24. The van der Waals surface area contributed by atoms with Crippen LogP contribution in [-0.2, 0) is 11.2 Å². The number of furan rings is 1. The van der Waals surface area contributed by atoms with Crippen molar-refractivity contribution in [3.05, 3.63) is 24.2 Å². The third kappa shape index (κ3) is 5.37. The zero-order chi connectivity index (χ0) is 16.1. The summed E-state index contributed by atoms with van der Waals surface area (Å²) >= 11 is 0. The molecule has 136 valence electrons. The molecule has 2 atom stereocenters. The molecule has 1 aromatic rings. The van der Waals surface area contributed by atoms with E-state index in [-0.39, 0.29) is 24.0 Å². The van der Waals surface area contributed by atoms with Gasteiger partial charge in [-0.3, -0.25) is 4.99 Å². The van der Waals surface area contributed by atoms with Crippen molar-refractivity contribution in [1.82, 2.24) is 10.2 Å². The van der Waals surface area contributed by atoms with Gasteiger partial charge in [0.15, 0.2) is 5.96 Å². The Hall–Kier alpha value is -0.760. The van der Waals surface area contributed by atoms with Crippen LogP contribution in [0.1, 0.15) is 32.4 Å². The van der Waals surface area contributed by atoms with Crippen LogP contribution in [0.25, 0.3) is 0 Å². The second kappa shape index (κ2) is 9.65. The van der Waals surface area contributed by atoms with Gasteiger partial charge in [-0.2, -0.15) is 0 Å². The maximum Gasteiger partial charge on any atom is 0.194 e. The Morgan fingerprint density at radius 3 is 2.92 bits per heavy atom. The second-order valence-electron chi connectivity index (χ2n) is 6.95. The first kappa shape index (κ1) is 19.6. The highest BCUT2D eigenvalue weighted by molar-refractivity contribution is 14.0. The molecule has 5 nitrogen and oxygen atoms in total. The van der Waals surface area contributed by atoms with Crippen LogP contribution in [0.2, 0.25) is 0 Å². The van der Waals surface area contributed by atoms with Crippen LogP contribution in [-0.4, -0.2) is 49.7 Å². The van der Waals surface area contributed by atoms with E-state index in [9.17, 15) is 0 Å². The van der Waals surface area contributed by atoms with Crippen molar-refractivity contribution in [2.24, 2.45) is 16.8 Å². The number of aliphatic imine (C=N–C) groups is 1. The van der Waals surface area contributed by atoms with E-state index in [1.165, 1.54) is 12.8 Å². The van der Waals surface area contributed by atoms with Crippen LogP contribution in [0.4, 0.5) is 0 Å². The van der Waals surface area contributed by atoms with Gasteiger partial charge in [0, 0.05) is 45.3 Å². The topological polar surface area (TPSA) is 50.0 Å². The summed E-state index contributed by atoms with van der Waals surface area (Å²) in [6, 6.07) is 4.34. The van der Waals surface area contributed by atoms with Crippen molar-refractivity contribution >= 4 is 29.9 Å². The van der Waals surface area contributed by atoms with E-state index in [2.05, 4.69) is 24.1 Å². The molecule has 1 N–H and O–H groups in total. The first-order valence-electron chi connectivity index (χ1n) is 8.88. The van der Waals surface area contributed by atoms with Gasteiger partial charge in [0.1, 0.15) is 5.76 Å². The number of nitrogens with one attached hydrogen (secondary N) is 1. The molecular formula is C18H30IN3O2. The molecule has 1 aromatic heterocycles. The Morgan fingerprint density at radius 2 is 2.25 bits per heavy atom. The summed E-state index contributed by atoms with van der Waals surface area (Å²) in [6.45, 7) is 9.18. The molecule has 2 aliphatic heterocycles. The Labute approximate surface area is 162 Å². The first-order chi connectivity index (χ1) is 11.2. The molecule has 0 radical (unpaired) electrons. The maximum absolute atomic E-state index is 5.56. The van der Waals surface area contributed by atoms with Gasteiger partial charge < -0.3 is 19.4 Å². The van der Waals surface area contributed by atoms with Crippen molar-refractivity contribution in [1.29, 1.82) is 0 Å². The van der Waals surface area contributed by atoms with E-state index >= 15 is 0 Å². The smallest absolute Gasteiger partial charge is 0.194 e. The average Bonchev–Trinajstić information content (AvgIpc) is 3.27. The van der Waals surface area contributed by atoms with Crippen molar-refractivity contribution in [2.45, 2.75) is 39.2 Å². The van der Waals surface area contributed by atoms with Crippen LogP contribution < -0.4 is 5.32 Å². The lowest BCUT2D eigenvalue weighted by Crippen LogP contribution is -2.43. The molecule has 3 rings (SSSR count). The van der Waals surface area contributed by atoms with E-state index in [0.717, 1.165) is 62.8 Å². The number of hydrogen-bond donors (Lipinski definition) is 1. The van der Waals surface area contributed by atoms with Crippen LogP contribution >= 0.6 is 24.0 Å². The second-order valence-corrected chi connectivity index (χ2v) is 6.95. The minimum Gasteiger partial charge on any atom is -0.469 e. The molecule has 6 heteroatoms. The van der Waals surface area contributed by atoms with E-state index in [1.807, 2.05) is 12.1 Å². The Balaban J connectivity index is 0.00000208. The van der Waals surface area contributed by atoms with E-state index < -0.39 is 0 Å². The molecule has 0 saturated carbocycles. The Kier molecular flexibility index (Phi) is 7.87. The van der Waals surface area contributed by atoms with Gasteiger partial charge in [-0.1, -0.05) is 0 Å². The van der Waals surface area contributed by atoms with E-state index in [1.54, 1.807) is 6.26 Å². The highest BCUT2D eigenvalue weighted by atomic mass is 127. The molecule has 0 spiro atoms. The van der Waals surface area contributed by atoms with Gasteiger partial charge in [-0.05, 0) is 50.7 Å². The summed E-state index contributed by atoms with van der Waals surface area (Å²) in [5.41, 5.74) is 0. The normalized spacial score (nSPS) is 24.5. The minimum absolute atomic E-state index is 0. The van der Waals surface area contributed by atoms with Gasteiger partial charge >= 0.3 is 0 Å². The molecule has 0 aliphatic carbocycles. The molecule has 2 aliphatic rings. The van der Waals surface area contributed by atoms with Crippen molar-refractivity contribution in [3.63, 3.8) is 0 Å². The molecule has 0 aromatic carbocycles. The van der Waals surface area contributed by atoms with Crippen LogP contribution in [0.15, 0.2) is 27.8 Å². The van der Waals surface area contributed by atoms with Crippen LogP contribution in [0.5, 0.6) is 0 Å². The van der Waals surface area contributed by atoms with Gasteiger partial charge in [0.2, 0.25) is 0 Å². The van der Waals surface area contributed by atoms with Crippen molar-refractivity contribution in [3.8, 4) is 0 Å². The van der Waals surface area contributed by atoms with Gasteiger partial charge in [-0.15, -0.1) is 24.0 Å². The monoisotopic (exact) mass is 447 g/mol. The zero-order valence-electron chi connectivity index (χ0n) is 14.7. The number of rotatable bonds is 5. The number of halogens is 1. The van der Waals surface area contributed by atoms with Crippen molar-refractivity contribution < 1.29 is 9.15 Å². The third-order valence-electron chi connectivity index (χ3n) is 4.77. The number of likely N-dealkylation sites (tertiary alicyclic amines) is 1. The molecule has 2 saturated heterocycles. The first-order valence-corrected chi connectivity index (χ1v) is 8.88. The lowest BCUT2D eigenvalue weighted by Gasteiger charge is -2.25. The number of nitrogens with zero attached hydrogens (tertiary/aromatic N) is 2. The van der Waals surface area contributed by atoms with E-state index in [4.69, 9.17) is 14.1 Å². The lowest BCUT2D eigenvalue weighted by molar-refractivity contribution is 0.173. The van der Waals surface area contributed by atoms with Crippen LogP contribution in [0, 0.1) is 11.8 Å². The molecule has 24 heavy (non-hydrogen) atoms. The van der Waals surface area contributed by atoms with Crippen LogP contribution in [0.3, 0.4) is 0 Å². The average molecular weight is 447 g/mol. The summed E-state index contributed by atoms with van der Waals surface area (Å²) in [6.07, 6.45) is 5.05. The molecule has 2 fully saturated rings. The highest BCUT2D eigenvalue weighted by Gasteiger charge is 2.33. The zero-order valence-corrected chi connectivity index (χ0v) is 17.1. The molecule has 0 amide bonds. The van der Waals surface area contributed by atoms with E-state index in [0.29, 0.717) is 6.04 Å². The lowest BCUT2D eigenvalue weighted by atomic mass is 9.91. The molecule has 3 heterocycles. The predicted octanol–water partition coefficient (Wildman–Crippen LogP) is 3.15. The third-order valence-corrected chi connectivity index (χ3v) is 4.77. The van der Waals surface area contributed by atoms with Gasteiger partial charge in [0.25, 0.3) is 0 Å². The number of hydrogen-bond acceptors (Lipinski definition) is 3. The summed E-state index contributed by atoms with van der Waals surface area (Å²) in [7, 11) is 0. The maximum atomic E-state index is 5.56. The Morgan fingerprint density at radius 1 is 1.38 bits per heavy atom. The largest absolute Gasteiger partial charge is 0.469 e. The Bertz CT molecular complexity index is 498. The summed E-state index contributed by atoms with van der Waals surface area (Å²) in [5, 5.41) is 3.53.